The van der Waals surface area contributed by atoms with Crippen molar-refractivity contribution in [3.05, 3.63) is 48.5 Å². The molecule has 2 aromatic carbocycles. The van der Waals surface area contributed by atoms with E-state index in [0.717, 1.165) is 17.1 Å². The van der Waals surface area contributed by atoms with Gasteiger partial charge in [0, 0.05) is 57.3 Å². The molecule has 7 heteroatoms. The van der Waals surface area contributed by atoms with Crippen molar-refractivity contribution in [1.82, 2.24) is 4.90 Å². The summed E-state index contributed by atoms with van der Waals surface area (Å²) in [6, 6.07) is 15.2. The fourth-order valence-electron chi connectivity index (χ4n) is 3.13. The van der Waals surface area contributed by atoms with Gasteiger partial charge in [0.1, 0.15) is 5.75 Å². The predicted molar refractivity (Wildman–Crippen MR) is 111 cm³/mol. The summed E-state index contributed by atoms with van der Waals surface area (Å²) >= 11 is 0. The lowest BCUT2D eigenvalue weighted by molar-refractivity contribution is -0.143. The summed E-state index contributed by atoms with van der Waals surface area (Å²) in [6.45, 7) is 2.39. The molecule has 1 saturated heterocycles. The first-order chi connectivity index (χ1) is 13.5. The van der Waals surface area contributed by atoms with Crippen LogP contribution in [-0.4, -0.2) is 64.1 Å². The number of carbonyl (C=O) groups excluding carboxylic acids is 2. The molecule has 1 aliphatic rings. The van der Waals surface area contributed by atoms with Crippen molar-refractivity contribution >= 4 is 28.9 Å². The third-order valence-corrected chi connectivity index (χ3v) is 4.84. The molecular formula is C21H26N4O3. The molecule has 0 spiro atoms. The van der Waals surface area contributed by atoms with Crippen LogP contribution in [-0.2, 0) is 9.59 Å². The summed E-state index contributed by atoms with van der Waals surface area (Å²) in [5, 5.41) is 2.68. The number of ether oxygens (including phenoxy) is 1. The van der Waals surface area contributed by atoms with Crippen molar-refractivity contribution in [2.45, 2.75) is 0 Å². The Balaban J connectivity index is 1.53. The molecule has 148 valence electrons. The molecule has 0 radical (unpaired) electrons. The highest BCUT2D eigenvalue weighted by Gasteiger charge is 2.26. The Bertz CT molecular complexity index is 811. The van der Waals surface area contributed by atoms with Crippen LogP contribution in [0.5, 0.6) is 5.75 Å². The average molecular weight is 382 g/mol. The van der Waals surface area contributed by atoms with E-state index in [-0.39, 0.29) is 0 Å². The Hall–Kier alpha value is -3.22. The van der Waals surface area contributed by atoms with Crippen molar-refractivity contribution in [2.24, 2.45) is 0 Å². The van der Waals surface area contributed by atoms with Crippen molar-refractivity contribution < 1.29 is 14.3 Å². The largest absolute Gasteiger partial charge is 0.497 e. The number of anilines is 3. The van der Waals surface area contributed by atoms with E-state index in [1.807, 2.05) is 55.4 Å². The molecule has 2 aromatic rings. The molecular weight excluding hydrogens is 356 g/mol. The van der Waals surface area contributed by atoms with Gasteiger partial charge >= 0.3 is 11.8 Å². The van der Waals surface area contributed by atoms with Gasteiger partial charge in [-0.1, -0.05) is 0 Å². The van der Waals surface area contributed by atoms with Crippen LogP contribution in [0.4, 0.5) is 17.1 Å². The Labute approximate surface area is 165 Å². The summed E-state index contributed by atoms with van der Waals surface area (Å²) in [5.74, 6) is -0.283. The summed E-state index contributed by atoms with van der Waals surface area (Å²) in [4.78, 5) is 30.6. The highest BCUT2D eigenvalue weighted by atomic mass is 16.5. The first-order valence-corrected chi connectivity index (χ1v) is 9.24. The Morgan fingerprint density at radius 3 is 2.07 bits per heavy atom. The lowest BCUT2D eigenvalue weighted by Crippen LogP contribution is -2.51. The summed E-state index contributed by atoms with van der Waals surface area (Å²) in [5.41, 5.74) is 2.72. The van der Waals surface area contributed by atoms with Gasteiger partial charge in [0.25, 0.3) is 0 Å². The Kier molecular flexibility index (Phi) is 6.03. The van der Waals surface area contributed by atoms with Gasteiger partial charge in [-0.05, 0) is 48.5 Å². The molecule has 0 bridgehead atoms. The molecule has 0 saturated carbocycles. The molecule has 2 amide bonds. The van der Waals surface area contributed by atoms with Crippen molar-refractivity contribution in [1.29, 1.82) is 0 Å². The SMILES string of the molecule is COc1ccc(N2CCN(C(=O)C(=O)Nc3ccc(N(C)C)cc3)CC2)cc1. The third kappa shape index (κ3) is 4.54. The quantitative estimate of drug-likeness (QED) is 0.820. The van der Waals surface area contributed by atoms with Crippen molar-refractivity contribution in [3.8, 4) is 5.75 Å². The van der Waals surface area contributed by atoms with Crippen LogP contribution in [0.2, 0.25) is 0 Å². The molecule has 0 aliphatic carbocycles. The minimum atomic E-state index is -0.601. The molecule has 1 N–H and O–H groups in total. The van der Waals surface area contributed by atoms with Crippen LogP contribution in [0.1, 0.15) is 0 Å². The zero-order chi connectivity index (χ0) is 20.1. The zero-order valence-electron chi connectivity index (χ0n) is 16.5. The molecule has 1 heterocycles. The lowest BCUT2D eigenvalue weighted by atomic mass is 10.2. The first kappa shape index (κ1) is 19.5. The fourth-order valence-corrected chi connectivity index (χ4v) is 3.13. The van der Waals surface area contributed by atoms with Gasteiger partial charge in [0.05, 0.1) is 7.11 Å². The van der Waals surface area contributed by atoms with Gasteiger partial charge in [0.15, 0.2) is 0 Å². The second-order valence-corrected chi connectivity index (χ2v) is 6.87. The normalized spacial score (nSPS) is 13.8. The van der Waals surface area contributed by atoms with Crippen LogP contribution < -0.4 is 19.9 Å². The molecule has 1 fully saturated rings. The number of nitrogens with one attached hydrogen (secondary N) is 1. The van der Waals surface area contributed by atoms with Crippen LogP contribution in [0.3, 0.4) is 0 Å². The van der Waals surface area contributed by atoms with Crippen LogP contribution >= 0.6 is 0 Å². The fraction of sp³-hybridized carbons (Fsp3) is 0.333. The van der Waals surface area contributed by atoms with E-state index in [1.165, 1.54) is 0 Å². The van der Waals surface area contributed by atoms with Crippen LogP contribution in [0.15, 0.2) is 48.5 Å². The summed E-state index contributed by atoms with van der Waals surface area (Å²) < 4.78 is 5.18. The number of hydrogen-bond donors (Lipinski definition) is 1. The van der Waals surface area contributed by atoms with Crippen LogP contribution in [0.25, 0.3) is 0 Å². The molecule has 0 aromatic heterocycles. The molecule has 7 nitrogen and oxygen atoms in total. The van der Waals surface area contributed by atoms with Gasteiger partial charge < -0.3 is 24.8 Å². The molecule has 1 aliphatic heterocycles. The molecule has 28 heavy (non-hydrogen) atoms. The number of rotatable bonds is 4. The van der Waals surface area contributed by atoms with E-state index in [2.05, 4.69) is 10.2 Å². The van der Waals surface area contributed by atoms with E-state index in [1.54, 1.807) is 24.1 Å². The lowest BCUT2D eigenvalue weighted by Gasteiger charge is -2.35. The highest BCUT2D eigenvalue weighted by molar-refractivity contribution is 6.39. The van der Waals surface area contributed by atoms with E-state index >= 15 is 0 Å². The maximum absolute atomic E-state index is 12.5. The third-order valence-electron chi connectivity index (χ3n) is 4.84. The Morgan fingerprint density at radius 1 is 0.929 bits per heavy atom. The number of hydrogen-bond acceptors (Lipinski definition) is 5. The second kappa shape index (κ2) is 8.65. The van der Waals surface area contributed by atoms with E-state index in [9.17, 15) is 9.59 Å². The summed E-state index contributed by atoms with van der Waals surface area (Å²) in [6.07, 6.45) is 0. The van der Waals surface area contributed by atoms with Gasteiger partial charge in [0.2, 0.25) is 0 Å². The topological polar surface area (TPSA) is 65.1 Å². The maximum Gasteiger partial charge on any atom is 0.313 e. The van der Waals surface area contributed by atoms with Gasteiger partial charge in [-0.15, -0.1) is 0 Å². The summed E-state index contributed by atoms with van der Waals surface area (Å²) in [7, 11) is 5.53. The number of piperazine rings is 1. The zero-order valence-corrected chi connectivity index (χ0v) is 16.5. The van der Waals surface area contributed by atoms with Crippen molar-refractivity contribution in [2.75, 3.05) is 62.5 Å². The monoisotopic (exact) mass is 382 g/mol. The second-order valence-electron chi connectivity index (χ2n) is 6.87. The van der Waals surface area contributed by atoms with E-state index in [4.69, 9.17) is 4.74 Å². The first-order valence-electron chi connectivity index (χ1n) is 9.24. The van der Waals surface area contributed by atoms with E-state index < -0.39 is 11.8 Å². The van der Waals surface area contributed by atoms with Gasteiger partial charge in [-0.25, -0.2) is 0 Å². The maximum atomic E-state index is 12.5. The minimum absolute atomic E-state index is 0.494. The van der Waals surface area contributed by atoms with E-state index in [0.29, 0.717) is 31.9 Å². The number of benzene rings is 2. The minimum Gasteiger partial charge on any atom is -0.497 e. The molecule has 0 unspecified atom stereocenters. The number of methoxy groups -OCH3 is 1. The average Bonchev–Trinajstić information content (AvgIpc) is 2.73. The van der Waals surface area contributed by atoms with Gasteiger partial charge in [-0.2, -0.15) is 0 Å². The predicted octanol–water partition coefficient (Wildman–Crippen LogP) is 2.05. The number of nitrogens with zero attached hydrogens (tertiary/aromatic N) is 3. The van der Waals surface area contributed by atoms with Crippen LogP contribution in [0, 0.1) is 0 Å². The highest BCUT2D eigenvalue weighted by Crippen LogP contribution is 2.21. The number of carbonyl (C=O) groups is 2. The Morgan fingerprint density at radius 2 is 1.54 bits per heavy atom. The smallest absolute Gasteiger partial charge is 0.313 e. The van der Waals surface area contributed by atoms with Gasteiger partial charge in [-0.3, -0.25) is 9.59 Å². The molecule has 0 atom stereocenters. The number of amides is 2. The standard InChI is InChI=1S/C21H26N4O3/c1-23(2)17-6-4-16(5-7-17)22-20(26)21(27)25-14-12-24(13-15-25)18-8-10-19(28-3)11-9-18/h4-11H,12-15H2,1-3H3,(H,22,26). The van der Waals surface area contributed by atoms with Crippen molar-refractivity contribution in [3.63, 3.8) is 0 Å². The molecule has 3 rings (SSSR count).